The molecule has 32 heavy (non-hydrogen) atoms. The first-order chi connectivity index (χ1) is 15.1. The zero-order valence-corrected chi connectivity index (χ0v) is 21.2. The largest absolute Gasteiger partial charge is 0.496 e. The van der Waals surface area contributed by atoms with Crippen LogP contribution in [0.2, 0.25) is 0 Å². The molecule has 1 aromatic carbocycles. The zero-order valence-electron chi connectivity index (χ0n) is 18.9. The fraction of sp³-hybridized carbons (Fsp3) is 0.455. The Balaban J connectivity index is 0.00000363. The first-order valence-electron chi connectivity index (χ1n) is 10.2. The summed E-state index contributed by atoms with van der Waals surface area (Å²) in [6, 6.07) is 6.87. The number of anilines is 1. The molecule has 1 unspecified atom stereocenters. The summed E-state index contributed by atoms with van der Waals surface area (Å²) >= 11 is 0. The number of hydrogen-bond acceptors (Lipinski definition) is 6. The number of guanidine groups is 1. The van der Waals surface area contributed by atoms with Crippen molar-refractivity contribution in [3.8, 4) is 17.2 Å². The van der Waals surface area contributed by atoms with Crippen LogP contribution in [0.5, 0.6) is 17.2 Å². The van der Waals surface area contributed by atoms with Gasteiger partial charge in [0.2, 0.25) is 0 Å². The summed E-state index contributed by atoms with van der Waals surface area (Å²) in [6.07, 6.45) is 3.16. The molecule has 1 aromatic heterocycles. The Morgan fingerprint density at radius 1 is 1.22 bits per heavy atom. The Labute approximate surface area is 205 Å². The van der Waals surface area contributed by atoms with Crippen molar-refractivity contribution in [2.75, 3.05) is 52.9 Å². The molecular formula is C22H31FIN5O3. The number of halogens is 2. The van der Waals surface area contributed by atoms with Gasteiger partial charge in [0.25, 0.3) is 0 Å². The van der Waals surface area contributed by atoms with Crippen molar-refractivity contribution < 1.29 is 18.6 Å². The summed E-state index contributed by atoms with van der Waals surface area (Å²) in [7, 11) is 6.59. The highest BCUT2D eigenvalue weighted by Crippen LogP contribution is 2.34. The van der Waals surface area contributed by atoms with E-state index in [4.69, 9.17) is 14.2 Å². The van der Waals surface area contributed by atoms with E-state index in [1.807, 2.05) is 17.0 Å². The maximum absolute atomic E-state index is 14.0. The molecule has 10 heteroatoms. The molecule has 176 valence electrons. The third kappa shape index (κ3) is 6.27. The van der Waals surface area contributed by atoms with E-state index < -0.39 is 0 Å². The summed E-state index contributed by atoms with van der Waals surface area (Å²) in [4.78, 5) is 10.4. The summed E-state index contributed by atoms with van der Waals surface area (Å²) in [5.74, 6) is 2.90. The smallest absolute Gasteiger partial charge is 0.191 e. The topological polar surface area (TPSA) is 80.2 Å². The molecule has 0 aliphatic carbocycles. The molecule has 2 N–H and O–H groups in total. The second-order valence-corrected chi connectivity index (χ2v) is 7.14. The molecule has 2 aromatic rings. The SMILES string of the molecule is CN=C(NCCc1c(OC)cc(OC)cc1OC)NC1CCN(c2ncccc2F)C1.I. The van der Waals surface area contributed by atoms with E-state index in [2.05, 4.69) is 20.6 Å². The predicted octanol–water partition coefficient (Wildman–Crippen LogP) is 2.85. The van der Waals surface area contributed by atoms with Gasteiger partial charge in [-0.2, -0.15) is 0 Å². The van der Waals surface area contributed by atoms with E-state index >= 15 is 0 Å². The third-order valence-corrected chi connectivity index (χ3v) is 5.28. The fourth-order valence-corrected chi connectivity index (χ4v) is 3.70. The highest BCUT2D eigenvalue weighted by molar-refractivity contribution is 14.0. The van der Waals surface area contributed by atoms with Gasteiger partial charge < -0.3 is 29.7 Å². The van der Waals surface area contributed by atoms with Crippen molar-refractivity contribution >= 4 is 35.8 Å². The minimum Gasteiger partial charge on any atom is -0.496 e. The van der Waals surface area contributed by atoms with Crippen LogP contribution in [0.3, 0.4) is 0 Å². The lowest BCUT2D eigenvalue weighted by molar-refractivity contribution is 0.368. The number of rotatable bonds is 8. The minimum atomic E-state index is -0.298. The Morgan fingerprint density at radius 3 is 2.53 bits per heavy atom. The van der Waals surface area contributed by atoms with Crippen LogP contribution >= 0.6 is 24.0 Å². The van der Waals surface area contributed by atoms with Gasteiger partial charge in [0, 0.05) is 56.6 Å². The van der Waals surface area contributed by atoms with Gasteiger partial charge in [-0.1, -0.05) is 0 Å². The predicted molar refractivity (Wildman–Crippen MR) is 135 cm³/mol. The van der Waals surface area contributed by atoms with Gasteiger partial charge in [-0.25, -0.2) is 9.37 Å². The number of aliphatic imine (C=N–C) groups is 1. The number of aromatic nitrogens is 1. The average molecular weight is 559 g/mol. The lowest BCUT2D eigenvalue weighted by Gasteiger charge is -2.20. The molecule has 1 saturated heterocycles. The van der Waals surface area contributed by atoms with E-state index in [0.29, 0.717) is 48.5 Å². The maximum atomic E-state index is 14.0. The number of methoxy groups -OCH3 is 3. The second-order valence-electron chi connectivity index (χ2n) is 7.14. The monoisotopic (exact) mass is 559 g/mol. The van der Waals surface area contributed by atoms with Crippen molar-refractivity contribution in [2.45, 2.75) is 18.9 Å². The van der Waals surface area contributed by atoms with Crippen LogP contribution in [0, 0.1) is 5.82 Å². The molecule has 0 radical (unpaired) electrons. The van der Waals surface area contributed by atoms with Crippen LogP contribution in [-0.4, -0.2) is 65.0 Å². The standard InChI is InChI=1S/C22H30FN5O3.HI/c1-24-22(27-15-8-11-28(14-15)21-18(23)6-5-9-25-21)26-10-7-17-19(30-3)12-16(29-2)13-20(17)31-4;/h5-6,9,12-13,15H,7-8,10-11,14H2,1-4H3,(H2,24,26,27);1H. The molecule has 1 atom stereocenters. The molecule has 2 heterocycles. The quantitative estimate of drug-likeness (QED) is 0.293. The first-order valence-corrected chi connectivity index (χ1v) is 10.2. The van der Waals surface area contributed by atoms with Crippen molar-refractivity contribution in [1.29, 1.82) is 0 Å². The third-order valence-electron chi connectivity index (χ3n) is 5.28. The number of nitrogens with zero attached hydrogens (tertiary/aromatic N) is 3. The summed E-state index contributed by atoms with van der Waals surface area (Å²) < 4.78 is 30.3. The highest BCUT2D eigenvalue weighted by atomic mass is 127. The molecule has 8 nitrogen and oxygen atoms in total. The van der Waals surface area contributed by atoms with Gasteiger partial charge in [-0.3, -0.25) is 4.99 Å². The molecule has 3 rings (SSSR count). The van der Waals surface area contributed by atoms with E-state index in [-0.39, 0.29) is 35.8 Å². The van der Waals surface area contributed by atoms with Crippen LogP contribution in [0.4, 0.5) is 10.2 Å². The molecule has 0 bridgehead atoms. The van der Waals surface area contributed by atoms with Gasteiger partial charge in [0.05, 0.1) is 21.3 Å². The Morgan fingerprint density at radius 2 is 1.94 bits per heavy atom. The van der Waals surface area contributed by atoms with Gasteiger partial charge in [-0.15, -0.1) is 24.0 Å². The van der Waals surface area contributed by atoms with Crippen LogP contribution in [0.15, 0.2) is 35.5 Å². The number of ether oxygens (including phenoxy) is 3. The van der Waals surface area contributed by atoms with Crippen molar-refractivity contribution in [1.82, 2.24) is 15.6 Å². The van der Waals surface area contributed by atoms with Crippen LogP contribution in [-0.2, 0) is 6.42 Å². The van der Waals surface area contributed by atoms with Crippen LogP contribution < -0.4 is 29.7 Å². The van der Waals surface area contributed by atoms with Crippen molar-refractivity contribution in [3.05, 3.63) is 41.8 Å². The average Bonchev–Trinajstić information content (AvgIpc) is 3.26. The zero-order chi connectivity index (χ0) is 22.2. The highest BCUT2D eigenvalue weighted by Gasteiger charge is 2.26. The normalized spacial score (nSPS) is 15.7. The Kier molecular flexibility index (Phi) is 10.1. The molecule has 1 aliphatic heterocycles. The molecule has 1 aliphatic rings. The van der Waals surface area contributed by atoms with Crippen LogP contribution in [0.1, 0.15) is 12.0 Å². The maximum Gasteiger partial charge on any atom is 0.191 e. The lowest BCUT2D eigenvalue weighted by atomic mass is 10.1. The molecule has 0 spiro atoms. The van der Waals surface area contributed by atoms with E-state index in [1.54, 1.807) is 40.6 Å². The summed E-state index contributed by atoms with van der Waals surface area (Å²) in [5.41, 5.74) is 0.950. The Bertz CT molecular complexity index is 890. The second kappa shape index (κ2) is 12.5. The lowest BCUT2D eigenvalue weighted by Crippen LogP contribution is -2.45. The number of hydrogen-bond donors (Lipinski definition) is 2. The minimum absolute atomic E-state index is 0. The number of benzene rings is 1. The molecule has 0 amide bonds. The van der Waals surface area contributed by atoms with E-state index in [9.17, 15) is 4.39 Å². The number of pyridine rings is 1. The van der Waals surface area contributed by atoms with Crippen LogP contribution in [0.25, 0.3) is 0 Å². The van der Waals surface area contributed by atoms with Gasteiger partial charge in [-0.05, 0) is 25.0 Å². The summed E-state index contributed by atoms with van der Waals surface area (Å²) in [6.45, 7) is 2.03. The van der Waals surface area contributed by atoms with Gasteiger partial charge in [0.1, 0.15) is 17.2 Å². The first kappa shape index (κ1) is 25.8. The van der Waals surface area contributed by atoms with E-state index in [0.717, 1.165) is 18.5 Å². The molecular weight excluding hydrogens is 528 g/mol. The summed E-state index contributed by atoms with van der Waals surface area (Å²) in [5, 5.41) is 6.74. The Hall–Kier alpha value is -2.50. The molecule has 1 fully saturated rings. The van der Waals surface area contributed by atoms with Gasteiger partial charge in [0.15, 0.2) is 17.6 Å². The fourth-order valence-electron chi connectivity index (χ4n) is 3.70. The number of nitrogens with one attached hydrogen (secondary N) is 2. The van der Waals surface area contributed by atoms with Gasteiger partial charge >= 0.3 is 0 Å². The van der Waals surface area contributed by atoms with Crippen molar-refractivity contribution in [3.63, 3.8) is 0 Å². The van der Waals surface area contributed by atoms with E-state index in [1.165, 1.54) is 6.07 Å². The van der Waals surface area contributed by atoms with Crippen molar-refractivity contribution in [2.24, 2.45) is 4.99 Å². The molecule has 0 saturated carbocycles.